The molecule has 7 nitrogen and oxygen atoms in total. The molecule has 3 aromatic rings. The van der Waals surface area contributed by atoms with E-state index in [4.69, 9.17) is 4.52 Å². The Hall–Kier alpha value is -2.55. The van der Waals surface area contributed by atoms with Gasteiger partial charge in [-0.1, -0.05) is 18.1 Å². The molecule has 0 N–H and O–H groups in total. The smallest absolute Gasteiger partial charge is 0.232 e. The van der Waals surface area contributed by atoms with Crippen molar-refractivity contribution in [1.29, 1.82) is 0 Å². The first kappa shape index (κ1) is 15.3. The maximum absolute atomic E-state index is 13.4. The van der Waals surface area contributed by atoms with E-state index in [9.17, 15) is 12.8 Å². The molecule has 0 saturated heterocycles. The summed E-state index contributed by atoms with van der Waals surface area (Å²) in [6, 6.07) is 5.59. The van der Waals surface area contributed by atoms with E-state index in [1.807, 2.05) is 6.92 Å². The van der Waals surface area contributed by atoms with E-state index in [0.717, 1.165) is 0 Å². The van der Waals surface area contributed by atoms with Gasteiger partial charge in [-0.3, -0.25) is 4.57 Å². The number of aromatic nitrogens is 4. The Bertz CT molecular complexity index is 933. The molecule has 0 amide bonds. The molecule has 23 heavy (non-hydrogen) atoms. The van der Waals surface area contributed by atoms with Crippen LogP contribution in [0.5, 0.6) is 0 Å². The van der Waals surface area contributed by atoms with Crippen LogP contribution < -0.4 is 0 Å². The number of rotatable bonds is 5. The molecule has 0 aliphatic carbocycles. The molecule has 0 radical (unpaired) electrons. The third kappa shape index (κ3) is 3.14. The van der Waals surface area contributed by atoms with Gasteiger partial charge in [0.1, 0.15) is 11.6 Å². The predicted octanol–water partition coefficient (Wildman–Crippen LogP) is 1.93. The van der Waals surface area contributed by atoms with Crippen LogP contribution in [-0.4, -0.2) is 28.1 Å². The van der Waals surface area contributed by atoms with Gasteiger partial charge < -0.3 is 4.52 Å². The summed E-state index contributed by atoms with van der Waals surface area (Å²) < 4.78 is 44.7. The second-order valence-corrected chi connectivity index (χ2v) is 6.66. The lowest BCUT2D eigenvalue weighted by Gasteiger charge is -2.07. The monoisotopic (exact) mass is 336 g/mol. The van der Waals surface area contributed by atoms with Crippen molar-refractivity contribution in [2.45, 2.75) is 24.3 Å². The standard InChI is InChI=1S/C14H13FN4O3S/c1-2-13-17-12(18-22-13)9-23(20,21)14-16-6-7-19(14)11-5-3-4-10(15)8-11/h3-8H,2,9H2,1H3. The first-order valence-electron chi connectivity index (χ1n) is 6.83. The molecule has 0 aliphatic heterocycles. The van der Waals surface area contributed by atoms with Gasteiger partial charge in [0, 0.05) is 18.8 Å². The number of benzene rings is 1. The Kier molecular flexibility index (Phi) is 3.95. The van der Waals surface area contributed by atoms with Crippen LogP contribution >= 0.6 is 0 Å². The number of halogens is 1. The van der Waals surface area contributed by atoms with Crippen LogP contribution in [0.25, 0.3) is 5.69 Å². The highest BCUT2D eigenvalue weighted by Gasteiger charge is 2.24. The summed E-state index contributed by atoms with van der Waals surface area (Å²) in [4.78, 5) is 7.87. The molecular formula is C14H13FN4O3S. The van der Waals surface area contributed by atoms with Crippen LogP contribution in [0.2, 0.25) is 0 Å². The first-order chi connectivity index (χ1) is 11.0. The number of sulfone groups is 1. The molecule has 2 heterocycles. The second-order valence-electron chi connectivity index (χ2n) is 4.78. The molecule has 0 saturated carbocycles. The molecule has 0 fully saturated rings. The van der Waals surface area contributed by atoms with Crippen molar-refractivity contribution in [2.75, 3.05) is 0 Å². The summed E-state index contributed by atoms with van der Waals surface area (Å²) in [6.45, 7) is 1.82. The third-order valence-corrected chi connectivity index (χ3v) is 4.60. The highest BCUT2D eigenvalue weighted by Crippen LogP contribution is 2.19. The topological polar surface area (TPSA) is 90.9 Å². The minimum atomic E-state index is -3.81. The fourth-order valence-electron chi connectivity index (χ4n) is 2.07. The average Bonchev–Trinajstić information content (AvgIpc) is 3.15. The van der Waals surface area contributed by atoms with Crippen LogP contribution in [0, 0.1) is 5.82 Å². The third-order valence-electron chi connectivity index (χ3n) is 3.10. The summed E-state index contributed by atoms with van der Waals surface area (Å²) in [5.41, 5.74) is 0.364. The number of aryl methyl sites for hydroxylation is 1. The van der Waals surface area contributed by atoms with Crippen molar-refractivity contribution in [3.63, 3.8) is 0 Å². The summed E-state index contributed by atoms with van der Waals surface area (Å²) in [6.07, 6.45) is 3.31. The van der Waals surface area contributed by atoms with Gasteiger partial charge in [-0.15, -0.1) is 0 Å². The van der Waals surface area contributed by atoms with Crippen molar-refractivity contribution >= 4 is 9.84 Å². The van der Waals surface area contributed by atoms with Gasteiger partial charge >= 0.3 is 0 Å². The average molecular weight is 336 g/mol. The maximum atomic E-state index is 13.4. The molecule has 0 bridgehead atoms. The van der Waals surface area contributed by atoms with E-state index in [1.165, 1.54) is 35.2 Å². The normalized spacial score (nSPS) is 11.7. The molecule has 0 aliphatic rings. The van der Waals surface area contributed by atoms with Gasteiger partial charge in [-0.2, -0.15) is 4.98 Å². The lowest BCUT2D eigenvalue weighted by molar-refractivity contribution is 0.378. The zero-order chi connectivity index (χ0) is 16.4. The Morgan fingerprint density at radius 1 is 1.35 bits per heavy atom. The maximum Gasteiger partial charge on any atom is 0.232 e. The van der Waals surface area contributed by atoms with Gasteiger partial charge in [0.15, 0.2) is 5.82 Å². The molecule has 9 heteroatoms. The number of hydrogen-bond donors (Lipinski definition) is 0. The molecule has 0 unspecified atom stereocenters. The van der Waals surface area contributed by atoms with E-state index >= 15 is 0 Å². The van der Waals surface area contributed by atoms with Gasteiger partial charge in [0.05, 0.1) is 5.69 Å². The van der Waals surface area contributed by atoms with Crippen LogP contribution in [0.3, 0.4) is 0 Å². The van der Waals surface area contributed by atoms with E-state index < -0.39 is 21.4 Å². The van der Waals surface area contributed by atoms with Crippen molar-refractivity contribution in [3.8, 4) is 5.69 Å². The Morgan fingerprint density at radius 2 is 2.17 bits per heavy atom. The van der Waals surface area contributed by atoms with Gasteiger partial charge in [-0.25, -0.2) is 17.8 Å². The minimum Gasteiger partial charge on any atom is -0.339 e. The highest BCUT2D eigenvalue weighted by molar-refractivity contribution is 7.90. The molecule has 3 rings (SSSR count). The van der Waals surface area contributed by atoms with E-state index in [1.54, 1.807) is 6.07 Å². The summed E-state index contributed by atoms with van der Waals surface area (Å²) in [5, 5.41) is 3.43. The van der Waals surface area contributed by atoms with Gasteiger partial charge in [-0.05, 0) is 18.2 Å². The summed E-state index contributed by atoms with van der Waals surface area (Å²) in [7, 11) is -3.81. The lowest BCUT2D eigenvalue weighted by atomic mass is 10.3. The fraction of sp³-hybridized carbons (Fsp3) is 0.214. The second kappa shape index (κ2) is 5.92. The van der Waals surface area contributed by atoms with Crippen LogP contribution in [0.15, 0.2) is 46.3 Å². The summed E-state index contributed by atoms with van der Waals surface area (Å²) in [5.74, 6) is -0.479. The van der Waals surface area contributed by atoms with E-state index in [2.05, 4.69) is 15.1 Å². The van der Waals surface area contributed by atoms with E-state index in [0.29, 0.717) is 18.0 Å². The van der Waals surface area contributed by atoms with Crippen molar-refractivity contribution in [3.05, 3.63) is 54.2 Å². The Morgan fingerprint density at radius 3 is 2.87 bits per heavy atom. The molecule has 2 aromatic heterocycles. The van der Waals surface area contributed by atoms with E-state index in [-0.39, 0.29) is 11.0 Å². The Balaban J connectivity index is 1.96. The Labute approximate surface area is 131 Å². The van der Waals surface area contributed by atoms with Crippen molar-refractivity contribution in [2.24, 2.45) is 0 Å². The van der Waals surface area contributed by atoms with Gasteiger partial charge in [0.25, 0.3) is 0 Å². The SMILES string of the molecule is CCc1nc(CS(=O)(=O)c2nccn2-c2cccc(F)c2)no1. The highest BCUT2D eigenvalue weighted by atomic mass is 32.2. The predicted molar refractivity (Wildman–Crippen MR) is 78.1 cm³/mol. The van der Waals surface area contributed by atoms with Crippen LogP contribution in [-0.2, 0) is 22.0 Å². The number of imidazole rings is 1. The molecular weight excluding hydrogens is 323 g/mol. The van der Waals surface area contributed by atoms with Crippen molar-refractivity contribution < 1.29 is 17.3 Å². The zero-order valence-corrected chi connectivity index (χ0v) is 13.0. The number of nitrogens with zero attached hydrogens (tertiary/aromatic N) is 4. The summed E-state index contributed by atoms with van der Waals surface area (Å²) >= 11 is 0. The van der Waals surface area contributed by atoms with Crippen molar-refractivity contribution in [1.82, 2.24) is 19.7 Å². The fourth-order valence-corrected chi connectivity index (χ4v) is 3.34. The quantitative estimate of drug-likeness (QED) is 0.707. The molecule has 120 valence electrons. The molecule has 0 spiro atoms. The van der Waals surface area contributed by atoms with Crippen LogP contribution in [0.1, 0.15) is 18.6 Å². The number of hydrogen-bond acceptors (Lipinski definition) is 6. The molecule has 0 atom stereocenters. The van der Waals surface area contributed by atoms with Crippen LogP contribution in [0.4, 0.5) is 4.39 Å². The minimum absolute atomic E-state index is 0.0654. The zero-order valence-electron chi connectivity index (χ0n) is 12.2. The molecule has 1 aromatic carbocycles. The largest absolute Gasteiger partial charge is 0.339 e. The lowest BCUT2D eigenvalue weighted by Crippen LogP contribution is -2.12. The van der Waals surface area contributed by atoms with Gasteiger partial charge in [0.2, 0.25) is 20.9 Å². The first-order valence-corrected chi connectivity index (χ1v) is 8.48.